The minimum Gasteiger partial charge on any atom is -0.502 e. The zero-order chi connectivity index (χ0) is 16.0. The largest absolute Gasteiger partial charge is 0.502 e. The van der Waals surface area contributed by atoms with E-state index in [2.05, 4.69) is 10.5 Å². The van der Waals surface area contributed by atoms with Crippen molar-refractivity contribution in [3.05, 3.63) is 17.7 Å². The Balaban J connectivity index is 2.79. The summed E-state index contributed by atoms with van der Waals surface area (Å²) in [5, 5.41) is 13.7. The van der Waals surface area contributed by atoms with E-state index in [-0.39, 0.29) is 23.2 Å². The fraction of sp³-hybridized carbons (Fsp3) is 0.429. The number of hydrogen-bond acceptors (Lipinski definition) is 5. The molecule has 0 bridgehead atoms. The van der Waals surface area contributed by atoms with Crippen molar-refractivity contribution in [2.24, 2.45) is 5.10 Å². The number of quaternary nitrogens is 1. The lowest BCUT2D eigenvalue weighted by molar-refractivity contribution is -0.862. The van der Waals surface area contributed by atoms with Crippen molar-refractivity contribution in [2.45, 2.75) is 0 Å². The number of methoxy groups -OCH3 is 2. The normalized spacial score (nSPS) is 11.5. The number of benzene rings is 1. The van der Waals surface area contributed by atoms with E-state index in [1.165, 1.54) is 20.4 Å². The van der Waals surface area contributed by atoms with Crippen molar-refractivity contribution < 1.29 is 23.9 Å². The summed E-state index contributed by atoms with van der Waals surface area (Å²) in [7, 11) is 8.63. The third kappa shape index (κ3) is 5.31. The molecule has 116 valence electrons. The molecule has 21 heavy (non-hydrogen) atoms. The molecule has 0 saturated carbocycles. The standard InChI is InChI=1S/C14H21N3O4/c1-17(2,3)9-13(18)16-15-8-10-6-11(20-4)14(19)12(7-10)21-5/h6-8H,9H2,1-5H3,(H-,15,16,18,19)/p+1. The van der Waals surface area contributed by atoms with Crippen LogP contribution in [0.4, 0.5) is 0 Å². The van der Waals surface area contributed by atoms with Crippen molar-refractivity contribution in [2.75, 3.05) is 41.9 Å². The molecule has 7 nitrogen and oxygen atoms in total. The maximum absolute atomic E-state index is 11.6. The predicted octanol–water partition coefficient (Wildman–Crippen LogP) is 0.566. The number of phenols is 1. The lowest BCUT2D eigenvalue weighted by Gasteiger charge is -2.21. The molecule has 0 aliphatic carbocycles. The minimum atomic E-state index is -0.184. The van der Waals surface area contributed by atoms with E-state index in [0.29, 0.717) is 16.6 Å². The minimum absolute atomic E-state index is 0.0776. The number of nitrogens with one attached hydrogen (secondary N) is 1. The third-order valence-electron chi connectivity index (χ3n) is 2.52. The molecule has 0 fully saturated rings. The van der Waals surface area contributed by atoms with Gasteiger partial charge in [-0.1, -0.05) is 0 Å². The SMILES string of the molecule is COc1cc(/C=N/NC(=O)C[N+](C)(C)C)cc(OC)c1O. The molecule has 0 aliphatic rings. The highest BCUT2D eigenvalue weighted by molar-refractivity contribution is 5.84. The Kier molecular flexibility index (Phi) is 5.54. The van der Waals surface area contributed by atoms with E-state index < -0.39 is 0 Å². The Labute approximate surface area is 124 Å². The second kappa shape index (κ2) is 6.94. The van der Waals surface area contributed by atoms with Gasteiger partial charge in [-0.2, -0.15) is 5.10 Å². The Morgan fingerprint density at radius 3 is 2.24 bits per heavy atom. The maximum atomic E-state index is 11.6. The number of hydrazone groups is 1. The molecule has 0 atom stereocenters. The summed E-state index contributed by atoms with van der Waals surface area (Å²) in [6.45, 7) is 0.319. The molecule has 7 heteroatoms. The second-order valence-corrected chi connectivity index (χ2v) is 5.52. The summed E-state index contributed by atoms with van der Waals surface area (Å²) in [6.07, 6.45) is 1.46. The zero-order valence-corrected chi connectivity index (χ0v) is 13.0. The summed E-state index contributed by atoms with van der Waals surface area (Å²) in [5.41, 5.74) is 3.08. The van der Waals surface area contributed by atoms with Crippen LogP contribution in [0.2, 0.25) is 0 Å². The summed E-state index contributed by atoms with van der Waals surface area (Å²) < 4.78 is 10.6. The Hall–Kier alpha value is -2.28. The number of amides is 1. The van der Waals surface area contributed by atoms with Gasteiger partial charge in [0, 0.05) is 5.56 Å². The monoisotopic (exact) mass is 296 g/mol. The van der Waals surface area contributed by atoms with Crippen LogP contribution in [0.1, 0.15) is 5.56 Å². The van der Waals surface area contributed by atoms with Gasteiger partial charge in [0.2, 0.25) is 5.75 Å². The lowest BCUT2D eigenvalue weighted by Crippen LogP contribution is -2.43. The number of likely N-dealkylation sites (N-methyl/N-ethyl adjacent to an activating group) is 1. The van der Waals surface area contributed by atoms with E-state index in [9.17, 15) is 9.90 Å². The highest BCUT2D eigenvalue weighted by atomic mass is 16.5. The van der Waals surface area contributed by atoms with E-state index >= 15 is 0 Å². The summed E-state index contributed by atoms with van der Waals surface area (Å²) >= 11 is 0. The van der Waals surface area contributed by atoms with Crippen LogP contribution >= 0.6 is 0 Å². The molecule has 0 aromatic heterocycles. The van der Waals surface area contributed by atoms with E-state index in [1.807, 2.05) is 21.1 Å². The Morgan fingerprint density at radius 1 is 1.29 bits per heavy atom. The van der Waals surface area contributed by atoms with Crippen LogP contribution in [0.25, 0.3) is 0 Å². The van der Waals surface area contributed by atoms with Crippen LogP contribution in [0, 0.1) is 0 Å². The third-order valence-corrected chi connectivity index (χ3v) is 2.52. The van der Waals surface area contributed by atoms with Crippen LogP contribution in [0.15, 0.2) is 17.2 Å². The molecule has 0 spiro atoms. The molecule has 0 saturated heterocycles. The first-order valence-corrected chi connectivity index (χ1v) is 6.34. The molecular weight excluding hydrogens is 274 g/mol. The number of ether oxygens (including phenoxy) is 2. The van der Waals surface area contributed by atoms with Gasteiger partial charge >= 0.3 is 0 Å². The number of nitrogens with zero attached hydrogens (tertiary/aromatic N) is 2. The number of carbonyl (C=O) groups excluding carboxylic acids is 1. The lowest BCUT2D eigenvalue weighted by atomic mass is 10.2. The molecule has 1 amide bonds. The van der Waals surface area contributed by atoms with Gasteiger partial charge in [0.05, 0.1) is 41.6 Å². The summed E-state index contributed by atoms with van der Waals surface area (Å²) in [4.78, 5) is 11.6. The topological polar surface area (TPSA) is 80.2 Å². The molecule has 0 aliphatic heterocycles. The number of phenolic OH excluding ortho intramolecular Hbond substituents is 1. The summed E-state index contributed by atoms with van der Waals surface area (Å²) in [5.74, 6) is 0.282. The number of hydrogen-bond donors (Lipinski definition) is 2. The predicted molar refractivity (Wildman–Crippen MR) is 79.8 cm³/mol. The molecule has 2 N–H and O–H groups in total. The molecular formula is C14H22N3O4+. The van der Waals surface area contributed by atoms with Crippen LogP contribution < -0.4 is 14.9 Å². The number of rotatable bonds is 6. The highest BCUT2D eigenvalue weighted by Gasteiger charge is 2.13. The fourth-order valence-electron chi connectivity index (χ4n) is 1.63. The molecule has 1 aromatic carbocycles. The first kappa shape index (κ1) is 16.8. The first-order valence-electron chi connectivity index (χ1n) is 6.34. The van der Waals surface area contributed by atoms with Crippen LogP contribution in [-0.2, 0) is 4.79 Å². The quantitative estimate of drug-likeness (QED) is 0.457. The van der Waals surface area contributed by atoms with Gasteiger partial charge in [0.15, 0.2) is 18.0 Å². The van der Waals surface area contributed by atoms with Crippen molar-refractivity contribution in [3.8, 4) is 17.2 Å². The molecule has 0 unspecified atom stereocenters. The Bertz CT molecular complexity index is 511. The van der Waals surface area contributed by atoms with Gasteiger partial charge < -0.3 is 19.1 Å². The number of aromatic hydroxyl groups is 1. The van der Waals surface area contributed by atoms with E-state index in [0.717, 1.165) is 0 Å². The van der Waals surface area contributed by atoms with Crippen LogP contribution in [0.5, 0.6) is 17.2 Å². The van der Waals surface area contributed by atoms with Gasteiger partial charge in [0.1, 0.15) is 0 Å². The van der Waals surface area contributed by atoms with Gasteiger partial charge in [-0.25, -0.2) is 5.43 Å². The van der Waals surface area contributed by atoms with Crippen molar-refractivity contribution >= 4 is 12.1 Å². The van der Waals surface area contributed by atoms with Crippen molar-refractivity contribution in [1.82, 2.24) is 5.43 Å². The molecule has 0 heterocycles. The molecule has 0 radical (unpaired) electrons. The Morgan fingerprint density at radius 2 is 1.81 bits per heavy atom. The smallest absolute Gasteiger partial charge is 0.295 e. The second-order valence-electron chi connectivity index (χ2n) is 5.52. The van der Waals surface area contributed by atoms with Gasteiger partial charge in [0.25, 0.3) is 5.91 Å². The van der Waals surface area contributed by atoms with Gasteiger partial charge in [-0.3, -0.25) is 4.79 Å². The average Bonchev–Trinajstić information content (AvgIpc) is 2.38. The summed E-state index contributed by atoms with van der Waals surface area (Å²) in [6, 6.07) is 3.18. The van der Waals surface area contributed by atoms with Gasteiger partial charge in [-0.05, 0) is 12.1 Å². The van der Waals surface area contributed by atoms with Crippen molar-refractivity contribution in [1.29, 1.82) is 0 Å². The van der Waals surface area contributed by atoms with E-state index in [1.54, 1.807) is 12.1 Å². The van der Waals surface area contributed by atoms with E-state index in [4.69, 9.17) is 9.47 Å². The fourth-order valence-corrected chi connectivity index (χ4v) is 1.63. The molecule has 1 aromatic rings. The van der Waals surface area contributed by atoms with Crippen LogP contribution in [0.3, 0.4) is 0 Å². The van der Waals surface area contributed by atoms with Crippen LogP contribution in [-0.4, -0.2) is 63.6 Å². The maximum Gasteiger partial charge on any atom is 0.295 e. The highest BCUT2D eigenvalue weighted by Crippen LogP contribution is 2.36. The molecule has 1 rings (SSSR count). The first-order chi connectivity index (χ1) is 9.76. The van der Waals surface area contributed by atoms with Crippen molar-refractivity contribution in [3.63, 3.8) is 0 Å². The zero-order valence-electron chi connectivity index (χ0n) is 13.0. The average molecular weight is 296 g/mol. The number of carbonyl (C=O) groups is 1. The van der Waals surface area contributed by atoms with Gasteiger partial charge in [-0.15, -0.1) is 0 Å².